The van der Waals surface area contributed by atoms with Crippen molar-refractivity contribution in [3.8, 4) is 0 Å². The average Bonchev–Trinajstić information content (AvgIpc) is 2.41. The molecule has 1 aliphatic heterocycles. The molecule has 0 radical (unpaired) electrons. The maximum Gasteiger partial charge on any atom is 0.246 e. The summed E-state index contributed by atoms with van der Waals surface area (Å²) in [6, 6.07) is 8.18. The van der Waals surface area contributed by atoms with Gasteiger partial charge in [0.1, 0.15) is 0 Å². The Hall–Kier alpha value is -1.35. The van der Waals surface area contributed by atoms with Gasteiger partial charge in [0.15, 0.2) is 0 Å². The maximum atomic E-state index is 12.7. The van der Waals surface area contributed by atoms with E-state index in [0.717, 1.165) is 18.8 Å². The number of hydrogen-bond donors (Lipinski definition) is 1. The lowest BCUT2D eigenvalue weighted by atomic mass is 9.93. The van der Waals surface area contributed by atoms with Crippen LogP contribution in [0.1, 0.15) is 33.3 Å². The first-order valence-corrected chi connectivity index (χ1v) is 6.85. The molecule has 3 nitrogen and oxygen atoms in total. The van der Waals surface area contributed by atoms with Crippen molar-refractivity contribution in [1.29, 1.82) is 0 Å². The van der Waals surface area contributed by atoms with Crippen molar-refractivity contribution < 1.29 is 4.79 Å². The molecule has 1 amide bonds. The first-order chi connectivity index (χ1) is 8.71. The van der Waals surface area contributed by atoms with E-state index in [1.54, 1.807) is 0 Å². The lowest BCUT2D eigenvalue weighted by molar-refractivity contribution is -0.123. The molecule has 1 N–H and O–H groups in total. The highest BCUT2D eigenvalue weighted by Gasteiger charge is 2.39. The van der Waals surface area contributed by atoms with Crippen molar-refractivity contribution in [3.05, 3.63) is 29.8 Å². The van der Waals surface area contributed by atoms with Crippen LogP contribution in [-0.2, 0) is 4.79 Å². The van der Waals surface area contributed by atoms with Crippen LogP contribution in [0.2, 0.25) is 0 Å². The molecule has 3 heteroatoms. The molecule has 1 saturated heterocycles. The number of hydrogen-bond acceptors (Lipinski definition) is 2. The van der Waals surface area contributed by atoms with Crippen molar-refractivity contribution in [1.82, 2.24) is 5.32 Å². The number of aryl methyl sites for hydroxylation is 1. The highest BCUT2D eigenvalue weighted by molar-refractivity contribution is 6.00. The maximum absolute atomic E-state index is 12.7. The average molecular weight is 260 g/mol. The standard InChI is InChI=1S/C16H24N2O/c1-12-6-8-13(9-7-12)18-11-15(2,3)10-17-16(4,5)14(18)19/h6-9,17H,10-11H2,1-5H3. The fraction of sp³-hybridized carbons (Fsp3) is 0.562. The molecule has 0 spiro atoms. The van der Waals surface area contributed by atoms with Gasteiger partial charge >= 0.3 is 0 Å². The predicted molar refractivity (Wildman–Crippen MR) is 79.4 cm³/mol. The molecule has 1 heterocycles. The Morgan fingerprint density at radius 3 is 2.26 bits per heavy atom. The Kier molecular flexibility index (Phi) is 3.43. The Morgan fingerprint density at radius 2 is 1.68 bits per heavy atom. The van der Waals surface area contributed by atoms with E-state index in [1.807, 2.05) is 30.9 Å². The van der Waals surface area contributed by atoms with Gasteiger partial charge in [0.2, 0.25) is 5.91 Å². The van der Waals surface area contributed by atoms with Gasteiger partial charge in [-0.2, -0.15) is 0 Å². The molecule has 0 aromatic heterocycles. The molecule has 0 aliphatic carbocycles. The van der Waals surface area contributed by atoms with Gasteiger partial charge in [-0.25, -0.2) is 0 Å². The van der Waals surface area contributed by atoms with Crippen molar-refractivity contribution >= 4 is 11.6 Å². The van der Waals surface area contributed by atoms with E-state index in [-0.39, 0.29) is 11.3 Å². The minimum absolute atomic E-state index is 0.0638. The number of anilines is 1. The minimum Gasteiger partial charge on any atom is -0.310 e. The van der Waals surface area contributed by atoms with E-state index in [1.165, 1.54) is 5.56 Å². The summed E-state index contributed by atoms with van der Waals surface area (Å²) in [5.41, 5.74) is 1.75. The topological polar surface area (TPSA) is 32.3 Å². The van der Waals surface area contributed by atoms with Crippen LogP contribution in [0.15, 0.2) is 24.3 Å². The van der Waals surface area contributed by atoms with Crippen LogP contribution in [0.25, 0.3) is 0 Å². The van der Waals surface area contributed by atoms with E-state index in [2.05, 4.69) is 38.2 Å². The van der Waals surface area contributed by atoms with Gasteiger partial charge in [0, 0.05) is 18.8 Å². The number of rotatable bonds is 1. The lowest BCUT2D eigenvalue weighted by Gasteiger charge is -2.30. The third kappa shape index (κ3) is 2.98. The second kappa shape index (κ2) is 4.64. The van der Waals surface area contributed by atoms with Gasteiger partial charge in [-0.3, -0.25) is 4.79 Å². The van der Waals surface area contributed by atoms with Gasteiger partial charge in [0.05, 0.1) is 5.54 Å². The second-order valence-electron chi connectivity index (χ2n) is 6.87. The summed E-state index contributed by atoms with van der Waals surface area (Å²) in [6.07, 6.45) is 0. The molecule has 1 aromatic rings. The molecule has 1 aromatic carbocycles. The first kappa shape index (κ1) is 14.1. The number of nitrogens with one attached hydrogen (secondary N) is 1. The molecule has 0 unspecified atom stereocenters. The molecule has 104 valence electrons. The van der Waals surface area contributed by atoms with Gasteiger partial charge in [-0.1, -0.05) is 31.5 Å². The molecule has 1 aliphatic rings. The molecule has 0 atom stereocenters. The molecular formula is C16H24N2O. The number of benzene rings is 1. The van der Waals surface area contributed by atoms with Crippen molar-refractivity contribution in [2.45, 2.75) is 40.2 Å². The Labute approximate surface area is 116 Å². The van der Waals surface area contributed by atoms with Crippen LogP contribution in [0.3, 0.4) is 0 Å². The van der Waals surface area contributed by atoms with Crippen molar-refractivity contribution in [2.75, 3.05) is 18.0 Å². The largest absolute Gasteiger partial charge is 0.310 e. The summed E-state index contributed by atoms with van der Waals surface area (Å²) in [5.74, 6) is 0.141. The van der Waals surface area contributed by atoms with Gasteiger partial charge in [0.25, 0.3) is 0 Å². The summed E-state index contributed by atoms with van der Waals surface area (Å²) in [4.78, 5) is 14.6. The minimum atomic E-state index is -0.515. The Balaban J connectivity index is 2.39. The first-order valence-electron chi connectivity index (χ1n) is 6.85. The van der Waals surface area contributed by atoms with E-state index in [9.17, 15) is 4.79 Å². The summed E-state index contributed by atoms with van der Waals surface area (Å²) < 4.78 is 0. The Bertz CT molecular complexity index is 474. The van der Waals surface area contributed by atoms with Crippen LogP contribution >= 0.6 is 0 Å². The van der Waals surface area contributed by atoms with Gasteiger partial charge < -0.3 is 10.2 Å². The third-order valence-corrected chi connectivity index (χ3v) is 3.72. The zero-order chi connectivity index (χ0) is 14.3. The molecule has 2 rings (SSSR count). The van der Waals surface area contributed by atoms with Gasteiger partial charge in [-0.05, 0) is 38.3 Å². The number of carbonyl (C=O) groups is 1. The number of amides is 1. The monoisotopic (exact) mass is 260 g/mol. The predicted octanol–water partition coefficient (Wildman–Crippen LogP) is 2.74. The smallest absolute Gasteiger partial charge is 0.246 e. The highest BCUT2D eigenvalue weighted by atomic mass is 16.2. The Morgan fingerprint density at radius 1 is 1.11 bits per heavy atom. The quantitative estimate of drug-likeness (QED) is 0.842. The number of carbonyl (C=O) groups excluding carboxylic acids is 1. The SMILES string of the molecule is Cc1ccc(N2CC(C)(C)CNC(C)(C)C2=O)cc1. The van der Waals surface area contributed by atoms with Crippen LogP contribution in [0, 0.1) is 12.3 Å². The molecule has 0 saturated carbocycles. The van der Waals surface area contributed by atoms with E-state index >= 15 is 0 Å². The fourth-order valence-electron chi connectivity index (χ4n) is 2.36. The highest BCUT2D eigenvalue weighted by Crippen LogP contribution is 2.28. The van der Waals surface area contributed by atoms with Gasteiger partial charge in [-0.15, -0.1) is 0 Å². The van der Waals surface area contributed by atoms with Crippen LogP contribution in [0.4, 0.5) is 5.69 Å². The molecule has 0 bridgehead atoms. The summed E-state index contributed by atoms with van der Waals surface area (Å²) in [6.45, 7) is 11.9. The summed E-state index contributed by atoms with van der Waals surface area (Å²) in [7, 11) is 0. The zero-order valence-electron chi connectivity index (χ0n) is 12.6. The third-order valence-electron chi connectivity index (χ3n) is 3.72. The van der Waals surface area contributed by atoms with E-state index in [4.69, 9.17) is 0 Å². The molecule has 1 fully saturated rings. The van der Waals surface area contributed by atoms with E-state index < -0.39 is 5.54 Å². The summed E-state index contributed by atoms with van der Waals surface area (Å²) in [5, 5.41) is 3.38. The van der Waals surface area contributed by atoms with E-state index in [0.29, 0.717) is 0 Å². The molecule has 19 heavy (non-hydrogen) atoms. The normalized spacial score (nSPS) is 22.2. The molecular weight excluding hydrogens is 236 g/mol. The van der Waals surface area contributed by atoms with Crippen LogP contribution in [-0.4, -0.2) is 24.5 Å². The van der Waals surface area contributed by atoms with Crippen molar-refractivity contribution in [2.24, 2.45) is 5.41 Å². The zero-order valence-corrected chi connectivity index (χ0v) is 12.6. The fourth-order valence-corrected chi connectivity index (χ4v) is 2.36. The van der Waals surface area contributed by atoms with Crippen LogP contribution in [0.5, 0.6) is 0 Å². The summed E-state index contributed by atoms with van der Waals surface area (Å²) >= 11 is 0. The lowest BCUT2D eigenvalue weighted by Crippen LogP contribution is -2.51. The van der Waals surface area contributed by atoms with Crippen molar-refractivity contribution in [3.63, 3.8) is 0 Å². The van der Waals surface area contributed by atoms with Crippen LogP contribution < -0.4 is 10.2 Å². The number of nitrogens with zero attached hydrogens (tertiary/aromatic N) is 1. The second-order valence-corrected chi connectivity index (χ2v) is 6.87.